The molecular formula is C72H54F2N10O4. The zero-order valence-electron chi connectivity index (χ0n) is 47.8. The van der Waals surface area contributed by atoms with E-state index >= 15 is 4.39 Å². The number of aromatic amines is 3. The van der Waals surface area contributed by atoms with Gasteiger partial charge in [-0.1, -0.05) is 133 Å². The highest BCUT2D eigenvalue weighted by atomic mass is 19.1. The minimum Gasteiger partial charge on any atom is -0.407 e. The van der Waals surface area contributed by atoms with Crippen molar-refractivity contribution in [1.29, 1.82) is 0 Å². The number of fused-ring (bicyclic) bond motifs is 6. The summed E-state index contributed by atoms with van der Waals surface area (Å²) in [6.45, 7) is 3.77. The summed E-state index contributed by atoms with van der Waals surface area (Å²) in [6, 6.07) is 52.5. The predicted molar refractivity (Wildman–Crippen MR) is 336 cm³/mol. The highest BCUT2D eigenvalue weighted by Gasteiger charge is 2.34. The van der Waals surface area contributed by atoms with Crippen molar-refractivity contribution in [2.75, 3.05) is 17.3 Å². The van der Waals surface area contributed by atoms with Crippen LogP contribution in [0.4, 0.5) is 25.0 Å². The normalized spacial score (nSPS) is 15.3. The van der Waals surface area contributed by atoms with Gasteiger partial charge in [0, 0.05) is 94.5 Å². The maximum atomic E-state index is 15.2. The molecule has 7 heterocycles. The number of rotatable bonds is 5. The lowest BCUT2D eigenvalue weighted by Crippen LogP contribution is -2.29. The van der Waals surface area contributed by atoms with Crippen LogP contribution in [0.25, 0.3) is 66.7 Å². The van der Waals surface area contributed by atoms with E-state index < -0.39 is 17.8 Å². The number of amides is 1. The number of anilines is 2. The zero-order chi connectivity index (χ0) is 60.2. The van der Waals surface area contributed by atoms with E-state index in [2.05, 4.69) is 70.3 Å². The standard InChI is InChI=1S/C28H21FN4O2.C22H16FN3O.C22H17N3O/c1-33(18-7-3-2-4-8-18)28(34)35-24-12-11-17(15-22(24)29)26-21-16-31-27-25(21)20(13-14-30-27)19-9-5-6-10-23(19)32-26;1-12-6-7-14(8-17(12)23)19-16-10-24-22-20(16)21(25-11-26-22)15-5-3-2-4-13(15)9-18(19)27;1-13-6-8-14(9-7-13)19-17-11-23-22-20(17)21(24-12-25-22)16-5-3-2-4-15(16)10-18(19)26/h2-16,26,32H,1H3,(H,30,31);2-8,10-11,19H,9H2,1H3,(H,24,25,26);2-9,11-12,19H,10H2,1H3,(H,23,24,25). The summed E-state index contributed by atoms with van der Waals surface area (Å²) in [5, 5.41) is 6.33. The number of aromatic nitrogens is 8. The molecule has 1 amide bonds. The summed E-state index contributed by atoms with van der Waals surface area (Å²) in [5.74, 6) is -1.71. The predicted octanol–water partition coefficient (Wildman–Crippen LogP) is 15.0. The van der Waals surface area contributed by atoms with E-state index in [4.69, 9.17) is 4.74 Å². The Morgan fingerprint density at radius 2 is 1.06 bits per heavy atom. The van der Waals surface area contributed by atoms with E-state index in [0.717, 1.165) is 100 Å². The van der Waals surface area contributed by atoms with Crippen molar-refractivity contribution in [3.63, 3.8) is 0 Å². The SMILES string of the molecule is CN(C(=O)Oc1ccc(C2Nc3ccccc3-c3ccnc4[nH]cc2c34)cc1F)c1ccccc1.Cc1ccc(C2C(=O)Cc3ccccc3-c3ncnc4[nH]cc2c34)cc1.Cc1ccc(C2C(=O)Cc3ccccc3-c3ncnc4[nH]cc2c34)cc1F. The van der Waals surface area contributed by atoms with Gasteiger partial charge in [0.1, 0.15) is 47.0 Å². The molecule has 3 unspecified atom stereocenters. The largest absolute Gasteiger partial charge is 0.419 e. The number of benzene rings is 7. The first-order chi connectivity index (χ1) is 42.9. The molecule has 16 rings (SSSR count). The fraction of sp³-hybridized carbons (Fsp3) is 0.111. The molecule has 1 aliphatic heterocycles. The van der Waals surface area contributed by atoms with Gasteiger partial charge < -0.3 is 25.0 Å². The smallest absolute Gasteiger partial charge is 0.407 e. The van der Waals surface area contributed by atoms with Crippen molar-refractivity contribution in [1.82, 2.24) is 39.9 Å². The number of nitrogens with zero attached hydrogens (tertiary/aromatic N) is 6. The second-order valence-corrected chi connectivity index (χ2v) is 22.2. The number of H-pyrrole nitrogens is 3. The summed E-state index contributed by atoms with van der Waals surface area (Å²) < 4.78 is 34.8. The van der Waals surface area contributed by atoms with Gasteiger partial charge in [0.15, 0.2) is 11.6 Å². The molecule has 13 aromatic rings. The number of halogens is 2. The number of hydrogen-bond donors (Lipinski definition) is 4. The Balaban J connectivity index is 0.000000118. The molecule has 7 aromatic carbocycles. The van der Waals surface area contributed by atoms with Gasteiger partial charge in [0.25, 0.3) is 0 Å². The van der Waals surface area contributed by atoms with Crippen LogP contribution in [0, 0.1) is 25.5 Å². The lowest BCUT2D eigenvalue weighted by Gasteiger charge is -2.21. The molecule has 4 N–H and O–H groups in total. The molecule has 6 aromatic heterocycles. The van der Waals surface area contributed by atoms with E-state index in [9.17, 15) is 18.8 Å². The second-order valence-electron chi connectivity index (χ2n) is 22.2. The van der Waals surface area contributed by atoms with Gasteiger partial charge >= 0.3 is 6.09 Å². The number of ether oxygens (including phenoxy) is 1. The van der Waals surface area contributed by atoms with Crippen molar-refractivity contribution < 1.29 is 27.9 Å². The van der Waals surface area contributed by atoms with Crippen LogP contribution < -0.4 is 15.0 Å². The van der Waals surface area contributed by atoms with Crippen molar-refractivity contribution in [2.45, 2.75) is 44.6 Å². The van der Waals surface area contributed by atoms with Gasteiger partial charge in [-0.25, -0.2) is 38.5 Å². The van der Waals surface area contributed by atoms with E-state index in [0.29, 0.717) is 34.4 Å². The van der Waals surface area contributed by atoms with Crippen LogP contribution in [0.3, 0.4) is 0 Å². The number of carbonyl (C=O) groups excluding carboxylic acids is 3. The number of hydrogen-bond acceptors (Lipinski definition) is 10. The number of ketones is 2. The van der Waals surface area contributed by atoms with Crippen LogP contribution in [0.5, 0.6) is 5.75 Å². The third-order valence-corrected chi connectivity index (χ3v) is 16.8. The molecule has 0 bridgehead atoms. The average Bonchev–Trinajstić information content (AvgIpc) is 2.01. The molecule has 2 aliphatic carbocycles. The fourth-order valence-corrected chi connectivity index (χ4v) is 12.4. The fourth-order valence-electron chi connectivity index (χ4n) is 12.4. The molecule has 3 aliphatic rings. The third-order valence-electron chi connectivity index (χ3n) is 16.8. The summed E-state index contributed by atoms with van der Waals surface area (Å²) >= 11 is 0. The first kappa shape index (κ1) is 54.7. The molecular weight excluding hydrogens is 1110 g/mol. The number of Topliss-reactive ketones (excluding diaryl/α,β-unsaturated/α-hetero) is 2. The Kier molecular flexibility index (Phi) is 14.1. The summed E-state index contributed by atoms with van der Waals surface area (Å²) in [6.07, 6.45) is 10.5. The maximum absolute atomic E-state index is 15.2. The first-order valence-corrected chi connectivity index (χ1v) is 28.8. The number of para-hydroxylation sites is 2. The Labute approximate surface area is 503 Å². The molecule has 0 saturated carbocycles. The van der Waals surface area contributed by atoms with Gasteiger partial charge in [-0.05, 0) is 106 Å². The Morgan fingerprint density at radius 3 is 1.68 bits per heavy atom. The van der Waals surface area contributed by atoms with E-state index in [1.54, 1.807) is 57.0 Å². The zero-order valence-corrected chi connectivity index (χ0v) is 47.8. The van der Waals surface area contributed by atoms with Crippen LogP contribution in [-0.2, 0) is 22.4 Å². The monoisotopic (exact) mass is 1160 g/mol. The second kappa shape index (κ2) is 22.6. The number of pyridine rings is 1. The molecule has 0 spiro atoms. The molecule has 3 atom stereocenters. The van der Waals surface area contributed by atoms with Crippen LogP contribution in [0.1, 0.15) is 73.5 Å². The molecule has 0 saturated heterocycles. The Bertz CT molecular complexity index is 4880. The molecule has 14 nitrogen and oxygen atoms in total. The van der Waals surface area contributed by atoms with Crippen LogP contribution in [0.15, 0.2) is 207 Å². The lowest BCUT2D eigenvalue weighted by atomic mass is 9.81. The summed E-state index contributed by atoms with van der Waals surface area (Å²) in [4.78, 5) is 72.4. The van der Waals surface area contributed by atoms with Gasteiger partial charge in [0.2, 0.25) is 0 Å². The van der Waals surface area contributed by atoms with Gasteiger partial charge in [-0.3, -0.25) is 14.5 Å². The molecule has 0 fully saturated rings. The number of carbonyl (C=O) groups is 3. The maximum Gasteiger partial charge on any atom is 0.419 e. The van der Waals surface area contributed by atoms with Crippen LogP contribution in [-0.4, -0.2) is 64.6 Å². The number of nitrogens with one attached hydrogen (secondary N) is 4. The minimum absolute atomic E-state index is 0.0288. The minimum atomic E-state index is -0.670. The van der Waals surface area contributed by atoms with Crippen molar-refractivity contribution in [3.05, 3.63) is 275 Å². The lowest BCUT2D eigenvalue weighted by molar-refractivity contribution is -0.119. The molecule has 16 heteroatoms. The van der Waals surface area contributed by atoms with Gasteiger partial charge in [-0.2, -0.15) is 0 Å². The average molecular weight is 1160 g/mol. The van der Waals surface area contributed by atoms with Crippen molar-refractivity contribution in [2.24, 2.45) is 0 Å². The summed E-state index contributed by atoms with van der Waals surface area (Å²) in [5.41, 5.74) is 18.3. The van der Waals surface area contributed by atoms with E-state index in [1.165, 1.54) is 35.0 Å². The van der Waals surface area contributed by atoms with Crippen LogP contribution >= 0.6 is 0 Å². The van der Waals surface area contributed by atoms with Crippen LogP contribution in [0.2, 0.25) is 0 Å². The number of aryl methyl sites for hydroxylation is 2. The Morgan fingerprint density at radius 1 is 0.523 bits per heavy atom. The topological polar surface area (TPSA) is 188 Å². The van der Waals surface area contributed by atoms with E-state index in [1.807, 2.05) is 122 Å². The van der Waals surface area contributed by atoms with E-state index in [-0.39, 0.29) is 41.5 Å². The molecule has 430 valence electrons. The Hall–Kier alpha value is -11.3. The summed E-state index contributed by atoms with van der Waals surface area (Å²) in [7, 11) is 1.58. The van der Waals surface area contributed by atoms with Crippen molar-refractivity contribution >= 4 is 62.1 Å². The molecule has 0 radical (unpaired) electrons. The molecule has 88 heavy (non-hydrogen) atoms. The quantitative estimate of drug-likeness (QED) is 0.129. The third kappa shape index (κ3) is 9.89. The first-order valence-electron chi connectivity index (χ1n) is 28.8. The van der Waals surface area contributed by atoms with Gasteiger partial charge in [-0.15, -0.1) is 0 Å². The van der Waals surface area contributed by atoms with Gasteiger partial charge in [0.05, 0.1) is 29.3 Å². The van der Waals surface area contributed by atoms with Crippen molar-refractivity contribution in [3.8, 4) is 39.4 Å². The highest BCUT2D eigenvalue weighted by Crippen LogP contribution is 2.45. The highest BCUT2D eigenvalue weighted by molar-refractivity contribution is 6.05.